The van der Waals surface area contributed by atoms with Crippen LogP contribution in [0.15, 0.2) is 69.6 Å². The van der Waals surface area contributed by atoms with Crippen molar-refractivity contribution in [2.45, 2.75) is 17.7 Å². The molecule has 4 rings (SSSR count). The number of benzene rings is 1. The molecule has 0 saturated carbocycles. The molecule has 1 aromatic heterocycles. The monoisotopic (exact) mass is 435 g/mol. The lowest BCUT2D eigenvalue weighted by molar-refractivity contribution is 1.10. The van der Waals surface area contributed by atoms with Gasteiger partial charge in [0, 0.05) is 22.7 Å². The molecule has 0 amide bonds. The molecule has 2 aliphatic carbocycles. The minimum absolute atomic E-state index is 0.646. The summed E-state index contributed by atoms with van der Waals surface area (Å²) < 4.78 is 7.48. The van der Waals surface area contributed by atoms with Gasteiger partial charge in [-0.25, -0.2) is 14.4 Å². The van der Waals surface area contributed by atoms with Gasteiger partial charge in [-0.2, -0.15) is 0 Å². The summed E-state index contributed by atoms with van der Waals surface area (Å²) in [6, 6.07) is 7.68. The summed E-state index contributed by atoms with van der Waals surface area (Å²) in [7, 11) is 0. The molecule has 1 aromatic carbocycles. The number of hydrogen-bond donors (Lipinski definition) is 4. The quantitative estimate of drug-likeness (QED) is 0.405. The summed E-state index contributed by atoms with van der Waals surface area (Å²) >= 11 is 2.41. The molecule has 2 aliphatic rings. The van der Waals surface area contributed by atoms with Gasteiger partial charge >= 0.3 is 0 Å². The number of anilines is 3. The molecular weight excluding hydrogens is 414 g/mol. The molecule has 9 heteroatoms. The molecule has 0 fully saturated rings. The van der Waals surface area contributed by atoms with Crippen molar-refractivity contribution in [3.63, 3.8) is 0 Å². The predicted octanol–water partition coefficient (Wildman–Crippen LogP) is 2.92. The number of allylic oxidation sites excluding steroid dienone is 5. The van der Waals surface area contributed by atoms with E-state index in [9.17, 15) is 0 Å². The molecule has 6 N–H and O–H groups in total. The summed E-state index contributed by atoms with van der Waals surface area (Å²) in [6.45, 7) is 0. The van der Waals surface area contributed by atoms with Crippen molar-refractivity contribution < 1.29 is 0 Å². The topological polar surface area (TPSA) is 114 Å². The number of rotatable bonds is 6. The van der Waals surface area contributed by atoms with Crippen LogP contribution in [-0.4, -0.2) is 15.7 Å². The van der Waals surface area contributed by atoms with E-state index in [0.29, 0.717) is 23.7 Å². The van der Waals surface area contributed by atoms with E-state index in [1.165, 1.54) is 11.9 Å². The molecule has 152 valence electrons. The number of nitrogens with zero attached hydrogens (tertiary/aromatic N) is 3. The van der Waals surface area contributed by atoms with Gasteiger partial charge in [0.1, 0.15) is 0 Å². The molecule has 0 aliphatic heterocycles. The fraction of sp³-hybridized carbons (Fsp3) is 0.0952. The Bertz CT molecular complexity index is 1180. The summed E-state index contributed by atoms with van der Waals surface area (Å²) in [5.41, 5.74) is 8.46. The van der Waals surface area contributed by atoms with E-state index in [4.69, 9.17) is 20.8 Å². The van der Waals surface area contributed by atoms with E-state index < -0.39 is 0 Å². The average Bonchev–Trinajstić information content (AvgIpc) is 2.98. The molecule has 30 heavy (non-hydrogen) atoms. The highest BCUT2D eigenvalue weighted by molar-refractivity contribution is 8.00. The van der Waals surface area contributed by atoms with Crippen LogP contribution in [0.2, 0.25) is 0 Å². The molecule has 0 spiro atoms. The van der Waals surface area contributed by atoms with Crippen LogP contribution in [0.1, 0.15) is 12.8 Å². The Labute approximate surface area is 183 Å². The van der Waals surface area contributed by atoms with E-state index in [1.54, 1.807) is 0 Å². The van der Waals surface area contributed by atoms with Crippen LogP contribution in [0.3, 0.4) is 0 Å². The lowest BCUT2D eigenvalue weighted by Crippen LogP contribution is -2.32. The summed E-state index contributed by atoms with van der Waals surface area (Å²) in [5.74, 6) is 1.30. The van der Waals surface area contributed by atoms with Gasteiger partial charge in [0.15, 0.2) is 11.6 Å². The first kappa shape index (κ1) is 20.3. The fourth-order valence-corrected chi connectivity index (χ4v) is 3.87. The third-order valence-electron chi connectivity index (χ3n) is 4.33. The standard InChI is InChI=1S/C21H21N7S2/c22-14-5-4-6-17(13-14)29-28-21-20(24-15-9-11-16(12-10-15)27-30-23)25-18-7-2-1-3-8-19(18)26-21/h1,3-11,13H,2,12,22-23H2,(H,24,25)(H,26,28)/b27-16-. The van der Waals surface area contributed by atoms with E-state index in [0.717, 1.165) is 45.6 Å². The van der Waals surface area contributed by atoms with Gasteiger partial charge in [-0.05, 0) is 54.8 Å². The maximum Gasteiger partial charge on any atom is 0.180 e. The maximum atomic E-state index is 5.89. The van der Waals surface area contributed by atoms with Gasteiger partial charge in [0.2, 0.25) is 0 Å². The van der Waals surface area contributed by atoms with Crippen molar-refractivity contribution in [3.8, 4) is 0 Å². The Morgan fingerprint density at radius 2 is 1.97 bits per heavy atom. The molecule has 0 unspecified atom stereocenters. The molecule has 0 saturated heterocycles. The van der Waals surface area contributed by atoms with Crippen LogP contribution in [0.4, 0.5) is 17.3 Å². The van der Waals surface area contributed by atoms with Crippen LogP contribution in [0.25, 0.3) is 12.2 Å². The number of fused-ring (bicyclic) bond motifs is 1. The van der Waals surface area contributed by atoms with Gasteiger partial charge in [-0.3, -0.25) is 5.14 Å². The van der Waals surface area contributed by atoms with Gasteiger partial charge in [-0.1, -0.05) is 30.4 Å². The number of nitrogens with two attached hydrogens (primary N) is 2. The van der Waals surface area contributed by atoms with Crippen LogP contribution in [-0.2, 0) is 0 Å². The van der Waals surface area contributed by atoms with Crippen molar-refractivity contribution in [1.29, 1.82) is 0 Å². The zero-order chi connectivity index (χ0) is 20.8. The molecule has 2 aromatic rings. The zero-order valence-corrected chi connectivity index (χ0v) is 17.7. The number of nitrogen functional groups attached to an aromatic ring is 1. The summed E-state index contributed by atoms with van der Waals surface area (Å²) in [6.07, 6.45) is 15.6. The van der Waals surface area contributed by atoms with E-state index in [2.05, 4.69) is 32.7 Å². The Kier molecular flexibility index (Phi) is 6.53. The highest BCUT2D eigenvalue weighted by Gasteiger charge is 2.11. The molecule has 7 nitrogen and oxygen atoms in total. The summed E-state index contributed by atoms with van der Waals surface area (Å²) in [5, 5.41) is 10.5. The Morgan fingerprint density at radius 1 is 1.07 bits per heavy atom. The Hall–Kier alpha value is -3.01. The van der Waals surface area contributed by atoms with Crippen LogP contribution >= 0.6 is 24.1 Å². The van der Waals surface area contributed by atoms with Crippen molar-refractivity contribution in [2.24, 2.45) is 9.54 Å². The first-order valence-electron chi connectivity index (χ1n) is 9.33. The van der Waals surface area contributed by atoms with Crippen LogP contribution in [0, 0.1) is 0 Å². The highest BCUT2D eigenvalue weighted by atomic mass is 32.2. The lowest BCUT2D eigenvalue weighted by atomic mass is 10.1. The molecular formula is C21H21N7S2. The average molecular weight is 436 g/mol. The second kappa shape index (κ2) is 9.66. The third kappa shape index (κ3) is 5.12. The third-order valence-corrected chi connectivity index (χ3v) is 5.46. The largest absolute Gasteiger partial charge is 0.399 e. The first-order valence-corrected chi connectivity index (χ1v) is 11.0. The smallest absolute Gasteiger partial charge is 0.180 e. The van der Waals surface area contributed by atoms with Crippen LogP contribution in [0.5, 0.6) is 0 Å². The zero-order valence-electron chi connectivity index (χ0n) is 16.1. The fourth-order valence-electron chi connectivity index (χ4n) is 2.90. The second-order valence-corrected chi connectivity index (χ2v) is 7.79. The molecule has 0 bridgehead atoms. The second-order valence-electron chi connectivity index (χ2n) is 6.51. The molecule has 1 heterocycles. The number of hydrogen-bond acceptors (Lipinski definition) is 9. The Morgan fingerprint density at radius 3 is 2.77 bits per heavy atom. The molecule has 0 atom stereocenters. The SMILES string of the molecule is NS/N=C1/C=CC(Nc2nc3c(nc2NSc2cccc(N)c2)=CC=CCC=3)=CC1. The summed E-state index contributed by atoms with van der Waals surface area (Å²) in [4.78, 5) is 10.6. The van der Waals surface area contributed by atoms with E-state index in [1.807, 2.05) is 48.6 Å². The first-order chi connectivity index (χ1) is 14.7. The lowest BCUT2D eigenvalue weighted by Gasteiger charge is -2.14. The van der Waals surface area contributed by atoms with E-state index >= 15 is 0 Å². The van der Waals surface area contributed by atoms with Crippen molar-refractivity contribution in [1.82, 2.24) is 9.97 Å². The highest BCUT2D eigenvalue weighted by Crippen LogP contribution is 2.25. The maximum absolute atomic E-state index is 5.89. The van der Waals surface area contributed by atoms with Crippen molar-refractivity contribution in [3.05, 3.63) is 71.0 Å². The predicted molar refractivity (Wildman–Crippen MR) is 129 cm³/mol. The number of aromatic nitrogens is 2. The van der Waals surface area contributed by atoms with Crippen LogP contribution < -0.4 is 31.6 Å². The van der Waals surface area contributed by atoms with Gasteiger partial charge in [-0.15, -0.1) is 0 Å². The number of nitrogens with one attached hydrogen (secondary N) is 2. The normalized spacial score (nSPS) is 16.2. The van der Waals surface area contributed by atoms with Gasteiger partial charge in [0.25, 0.3) is 0 Å². The van der Waals surface area contributed by atoms with Crippen molar-refractivity contribution >= 4 is 59.3 Å². The van der Waals surface area contributed by atoms with Gasteiger partial charge < -0.3 is 15.8 Å². The van der Waals surface area contributed by atoms with Gasteiger partial charge in [0.05, 0.1) is 28.5 Å². The Balaban J connectivity index is 1.63. The van der Waals surface area contributed by atoms with Crippen molar-refractivity contribution in [2.75, 3.05) is 15.8 Å². The van der Waals surface area contributed by atoms with E-state index in [-0.39, 0.29) is 0 Å². The molecule has 0 radical (unpaired) electrons. The minimum atomic E-state index is 0.646. The minimum Gasteiger partial charge on any atom is -0.399 e.